The van der Waals surface area contributed by atoms with E-state index in [1.165, 1.54) is 25.7 Å². The second-order valence-electron chi connectivity index (χ2n) is 5.03. The van der Waals surface area contributed by atoms with Gasteiger partial charge in [0.2, 0.25) is 0 Å². The summed E-state index contributed by atoms with van der Waals surface area (Å²) in [6, 6.07) is 0. The van der Waals surface area contributed by atoms with Crippen molar-refractivity contribution in [2.75, 3.05) is 6.54 Å². The summed E-state index contributed by atoms with van der Waals surface area (Å²) >= 11 is 0. The molecule has 0 spiro atoms. The van der Waals surface area contributed by atoms with Crippen molar-refractivity contribution in [2.45, 2.75) is 39.5 Å². The van der Waals surface area contributed by atoms with E-state index in [1.54, 1.807) is 6.92 Å². The summed E-state index contributed by atoms with van der Waals surface area (Å²) in [5, 5.41) is 10.1. The maximum atomic E-state index is 11.8. The van der Waals surface area contributed by atoms with Crippen LogP contribution in [0.25, 0.3) is 0 Å². The zero-order valence-corrected chi connectivity index (χ0v) is 10.4. The van der Waals surface area contributed by atoms with Crippen LogP contribution in [0.15, 0.2) is 4.63 Å². The quantitative estimate of drug-likeness (QED) is 0.872. The Bertz CT molecular complexity index is 381. The maximum Gasteiger partial charge on any atom is 0.275 e. The van der Waals surface area contributed by atoms with Crippen LogP contribution in [0.5, 0.6) is 0 Å². The van der Waals surface area contributed by atoms with Crippen molar-refractivity contribution in [2.24, 2.45) is 11.8 Å². The summed E-state index contributed by atoms with van der Waals surface area (Å²) < 4.78 is 4.51. The van der Waals surface area contributed by atoms with Crippen LogP contribution >= 0.6 is 0 Å². The highest BCUT2D eigenvalue weighted by molar-refractivity contribution is 5.92. The van der Waals surface area contributed by atoms with Crippen LogP contribution in [0.1, 0.15) is 48.8 Å². The van der Waals surface area contributed by atoms with Crippen LogP contribution < -0.4 is 5.32 Å². The minimum absolute atomic E-state index is 0.178. The molecule has 1 saturated carbocycles. The third-order valence-electron chi connectivity index (χ3n) is 3.55. The Balaban J connectivity index is 1.79. The van der Waals surface area contributed by atoms with E-state index in [0.717, 1.165) is 12.5 Å². The van der Waals surface area contributed by atoms with E-state index in [4.69, 9.17) is 0 Å². The van der Waals surface area contributed by atoms with E-state index >= 15 is 0 Å². The van der Waals surface area contributed by atoms with Gasteiger partial charge in [-0.25, -0.2) is 4.63 Å². The van der Waals surface area contributed by atoms with E-state index in [9.17, 15) is 4.79 Å². The Hall–Kier alpha value is -1.39. The first-order valence-electron chi connectivity index (χ1n) is 6.24. The molecule has 0 radical (unpaired) electrons. The molecule has 5 nitrogen and oxygen atoms in total. The third kappa shape index (κ3) is 3.05. The molecule has 2 rings (SSSR count). The van der Waals surface area contributed by atoms with E-state index in [-0.39, 0.29) is 5.91 Å². The van der Waals surface area contributed by atoms with Crippen molar-refractivity contribution in [1.82, 2.24) is 15.6 Å². The second kappa shape index (κ2) is 5.29. The van der Waals surface area contributed by atoms with Crippen LogP contribution in [0.3, 0.4) is 0 Å². The fourth-order valence-electron chi connectivity index (χ4n) is 2.29. The van der Waals surface area contributed by atoms with Gasteiger partial charge < -0.3 is 5.32 Å². The van der Waals surface area contributed by atoms with Gasteiger partial charge in [0, 0.05) is 6.54 Å². The summed E-state index contributed by atoms with van der Waals surface area (Å²) in [5.41, 5.74) is 0.842. The number of aryl methyl sites for hydroxylation is 1. The maximum absolute atomic E-state index is 11.8. The lowest BCUT2D eigenvalue weighted by atomic mass is 9.83. The SMILES string of the molecule is Cc1nonc1C(=O)NCC1CCC(C)CC1. The van der Waals surface area contributed by atoms with Gasteiger partial charge in [-0.2, -0.15) is 0 Å². The minimum atomic E-state index is -0.178. The molecule has 0 atom stereocenters. The molecule has 0 unspecified atom stereocenters. The van der Waals surface area contributed by atoms with Crippen molar-refractivity contribution in [3.05, 3.63) is 11.4 Å². The highest BCUT2D eigenvalue weighted by atomic mass is 16.6. The number of carbonyl (C=O) groups excluding carboxylic acids is 1. The Morgan fingerprint density at radius 3 is 2.65 bits per heavy atom. The average Bonchev–Trinajstić information content (AvgIpc) is 2.74. The molecule has 94 valence electrons. The molecule has 1 N–H and O–H groups in total. The first-order chi connectivity index (χ1) is 8.16. The van der Waals surface area contributed by atoms with Gasteiger partial charge in [-0.05, 0) is 36.8 Å². The van der Waals surface area contributed by atoms with Crippen LogP contribution in [-0.4, -0.2) is 22.8 Å². The Kier molecular flexibility index (Phi) is 3.76. The van der Waals surface area contributed by atoms with Gasteiger partial charge in [0.15, 0.2) is 5.69 Å². The molecule has 0 aliphatic heterocycles. The number of hydrogen-bond donors (Lipinski definition) is 1. The normalized spacial score (nSPS) is 24.6. The highest BCUT2D eigenvalue weighted by Gasteiger charge is 2.20. The Morgan fingerprint density at radius 2 is 2.06 bits per heavy atom. The topological polar surface area (TPSA) is 68.0 Å². The highest BCUT2D eigenvalue weighted by Crippen LogP contribution is 2.27. The van der Waals surface area contributed by atoms with Gasteiger partial charge in [0.05, 0.1) is 0 Å². The van der Waals surface area contributed by atoms with Crippen LogP contribution in [-0.2, 0) is 0 Å². The van der Waals surface area contributed by atoms with Crippen LogP contribution in [0.2, 0.25) is 0 Å². The molecule has 0 bridgehead atoms. The van der Waals surface area contributed by atoms with Gasteiger partial charge in [-0.15, -0.1) is 0 Å². The number of rotatable bonds is 3. The van der Waals surface area contributed by atoms with Gasteiger partial charge >= 0.3 is 0 Å². The standard InChI is InChI=1S/C12H19N3O2/c1-8-3-5-10(6-4-8)7-13-12(16)11-9(2)14-17-15-11/h8,10H,3-7H2,1-2H3,(H,13,16). The third-order valence-corrected chi connectivity index (χ3v) is 3.55. The predicted molar refractivity (Wildman–Crippen MR) is 62.5 cm³/mol. The lowest BCUT2D eigenvalue weighted by molar-refractivity contribution is 0.0931. The summed E-state index contributed by atoms with van der Waals surface area (Å²) in [6.45, 7) is 4.74. The van der Waals surface area contributed by atoms with Gasteiger partial charge in [0.1, 0.15) is 5.69 Å². The first kappa shape index (κ1) is 12.1. The number of aromatic nitrogens is 2. The molecule has 0 aromatic carbocycles. The molecule has 1 aliphatic rings. The van der Waals surface area contributed by atoms with Crippen molar-refractivity contribution in [1.29, 1.82) is 0 Å². The summed E-state index contributed by atoms with van der Waals surface area (Å²) in [6.07, 6.45) is 4.95. The fraction of sp³-hybridized carbons (Fsp3) is 0.750. The Morgan fingerprint density at radius 1 is 1.35 bits per heavy atom. The van der Waals surface area contributed by atoms with E-state index in [1.807, 2.05) is 0 Å². The molecule has 1 amide bonds. The minimum Gasteiger partial charge on any atom is -0.350 e. The van der Waals surface area contributed by atoms with E-state index in [2.05, 4.69) is 27.2 Å². The summed E-state index contributed by atoms with van der Waals surface area (Å²) in [4.78, 5) is 11.8. The number of carbonyl (C=O) groups is 1. The number of nitrogens with one attached hydrogen (secondary N) is 1. The second-order valence-corrected chi connectivity index (χ2v) is 5.03. The zero-order valence-electron chi connectivity index (χ0n) is 10.4. The van der Waals surface area contributed by atoms with Crippen molar-refractivity contribution in [3.63, 3.8) is 0 Å². The largest absolute Gasteiger partial charge is 0.350 e. The monoisotopic (exact) mass is 237 g/mol. The molecule has 17 heavy (non-hydrogen) atoms. The smallest absolute Gasteiger partial charge is 0.275 e. The van der Waals surface area contributed by atoms with Gasteiger partial charge in [-0.1, -0.05) is 24.9 Å². The molecular weight excluding hydrogens is 218 g/mol. The molecule has 1 fully saturated rings. The molecule has 1 aromatic heterocycles. The molecule has 0 saturated heterocycles. The molecule has 1 heterocycles. The Labute approximate surface area is 101 Å². The van der Waals surface area contributed by atoms with Crippen molar-refractivity contribution in [3.8, 4) is 0 Å². The number of nitrogens with zero attached hydrogens (tertiary/aromatic N) is 2. The number of hydrogen-bond acceptors (Lipinski definition) is 4. The fourth-order valence-corrected chi connectivity index (χ4v) is 2.29. The van der Waals surface area contributed by atoms with Crippen molar-refractivity contribution < 1.29 is 9.42 Å². The summed E-state index contributed by atoms with van der Waals surface area (Å²) in [5.74, 6) is 1.27. The molecule has 5 heteroatoms. The average molecular weight is 237 g/mol. The van der Waals surface area contributed by atoms with Crippen LogP contribution in [0, 0.1) is 18.8 Å². The van der Waals surface area contributed by atoms with Crippen molar-refractivity contribution >= 4 is 5.91 Å². The lowest BCUT2D eigenvalue weighted by Gasteiger charge is -2.26. The number of amides is 1. The van der Waals surface area contributed by atoms with Gasteiger partial charge in [-0.3, -0.25) is 4.79 Å². The zero-order chi connectivity index (χ0) is 12.3. The van der Waals surface area contributed by atoms with Crippen LogP contribution in [0.4, 0.5) is 0 Å². The molecular formula is C12H19N3O2. The first-order valence-corrected chi connectivity index (χ1v) is 6.24. The molecule has 1 aromatic rings. The molecule has 1 aliphatic carbocycles. The van der Waals surface area contributed by atoms with E-state index in [0.29, 0.717) is 17.3 Å². The lowest BCUT2D eigenvalue weighted by Crippen LogP contribution is -2.31. The van der Waals surface area contributed by atoms with Gasteiger partial charge in [0.25, 0.3) is 5.91 Å². The van der Waals surface area contributed by atoms with E-state index < -0.39 is 0 Å². The summed E-state index contributed by atoms with van der Waals surface area (Å²) in [7, 11) is 0. The predicted octanol–water partition coefficient (Wildman–Crippen LogP) is 1.93.